The summed E-state index contributed by atoms with van der Waals surface area (Å²) in [6, 6.07) is 5.98. The summed E-state index contributed by atoms with van der Waals surface area (Å²) in [5.41, 5.74) is 3.03. The molecule has 27 heavy (non-hydrogen) atoms. The molecule has 1 fully saturated rings. The van der Waals surface area contributed by atoms with Crippen LogP contribution in [0, 0.1) is 6.92 Å². The summed E-state index contributed by atoms with van der Waals surface area (Å²) < 4.78 is 1.95. The summed E-state index contributed by atoms with van der Waals surface area (Å²) in [6.45, 7) is 8.30. The predicted octanol–water partition coefficient (Wildman–Crippen LogP) is 3.37. The van der Waals surface area contributed by atoms with E-state index in [1.807, 2.05) is 35.7 Å². The van der Waals surface area contributed by atoms with Crippen molar-refractivity contribution in [2.45, 2.75) is 52.0 Å². The quantitative estimate of drug-likeness (QED) is 0.741. The number of rotatable bonds is 4. The molecule has 0 bridgehead atoms. The van der Waals surface area contributed by atoms with Crippen LogP contribution in [0.5, 0.6) is 0 Å². The van der Waals surface area contributed by atoms with E-state index in [9.17, 15) is 4.79 Å². The van der Waals surface area contributed by atoms with E-state index in [1.165, 1.54) is 0 Å². The number of hydrogen-bond acceptors (Lipinski definition) is 5. The Balaban J connectivity index is 1.67. The summed E-state index contributed by atoms with van der Waals surface area (Å²) in [7, 11) is 0. The molecule has 140 valence electrons. The molecule has 4 rings (SSSR count). The molecule has 0 spiro atoms. The number of benzene rings is 1. The van der Waals surface area contributed by atoms with Gasteiger partial charge in [0.25, 0.3) is 5.91 Å². The Morgan fingerprint density at radius 2 is 2.00 bits per heavy atom. The average Bonchev–Trinajstić information content (AvgIpc) is 3.30. The SMILES string of the molecule is Cc1ccc(C(=O)NC2CC2)cc1Nc1nccn2c(C(C)(C)C)nnc12. The molecular weight excluding hydrogens is 340 g/mol. The minimum atomic E-state index is -0.130. The molecule has 2 heterocycles. The van der Waals surface area contributed by atoms with Gasteiger partial charge >= 0.3 is 0 Å². The van der Waals surface area contributed by atoms with Crippen LogP contribution in [0.3, 0.4) is 0 Å². The van der Waals surface area contributed by atoms with E-state index in [0.29, 0.717) is 23.1 Å². The first-order chi connectivity index (χ1) is 12.8. The highest BCUT2D eigenvalue weighted by Gasteiger charge is 2.24. The lowest BCUT2D eigenvalue weighted by Crippen LogP contribution is -2.25. The Morgan fingerprint density at radius 3 is 2.70 bits per heavy atom. The molecule has 0 aliphatic heterocycles. The molecule has 2 N–H and O–H groups in total. The van der Waals surface area contributed by atoms with Crippen molar-refractivity contribution in [3.63, 3.8) is 0 Å². The van der Waals surface area contributed by atoms with Gasteiger partial charge in [0.2, 0.25) is 5.65 Å². The Bertz CT molecular complexity index is 1010. The zero-order chi connectivity index (χ0) is 19.2. The van der Waals surface area contributed by atoms with Crippen LogP contribution in [-0.2, 0) is 5.41 Å². The first kappa shape index (κ1) is 17.5. The Labute approximate surface area is 158 Å². The van der Waals surface area contributed by atoms with E-state index in [0.717, 1.165) is 29.9 Å². The van der Waals surface area contributed by atoms with Crippen LogP contribution in [0.2, 0.25) is 0 Å². The minimum Gasteiger partial charge on any atom is -0.349 e. The highest BCUT2D eigenvalue weighted by molar-refractivity contribution is 5.96. The van der Waals surface area contributed by atoms with Crippen LogP contribution in [0.25, 0.3) is 5.65 Å². The zero-order valence-electron chi connectivity index (χ0n) is 16.1. The van der Waals surface area contributed by atoms with Gasteiger partial charge in [-0.1, -0.05) is 26.8 Å². The monoisotopic (exact) mass is 364 g/mol. The second kappa shape index (κ2) is 6.33. The number of aromatic nitrogens is 4. The number of nitrogens with zero attached hydrogens (tertiary/aromatic N) is 4. The smallest absolute Gasteiger partial charge is 0.251 e. The van der Waals surface area contributed by atoms with Gasteiger partial charge in [0.15, 0.2) is 5.82 Å². The van der Waals surface area contributed by atoms with Crippen LogP contribution in [0.15, 0.2) is 30.6 Å². The summed E-state index contributed by atoms with van der Waals surface area (Å²) in [5, 5.41) is 15.0. The third-order valence-corrected chi connectivity index (χ3v) is 4.66. The molecular formula is C20H24N6O. The molecule has 1 saturated carbocycles. The molecule has 2 aromatic heterocycles. The number of hydrogen-bond donors (Lipinski definition) is 2. The highest BCUT2D eigenvalue weighted by atomic mass is 16.1. The first-order valence-electron chi connectivity index (χ1n) is 9.22. The van der Waals surface area contributed by atoms with Crippen LogP contribution in [0.1, 0.15) is 55.4 Å². The molecule has 0 atom stereocenters. The van der Waals surface area contributed by atoms with Gasteiger partial charge in [-0.3, -0.25) is 9.20 Å². The van der Waals surface area contributed by atoms with Gasteiger partial charge in [-0.2, -0.15) is 0 Å². The number of fused-ring (bicyclic) bond motifs is 1. The summed E-state index contributed by atoms with van der Waals surface area (Å²) in [5.74, 6) is 1.45. The van der Waals surface area contributed by atoms with E-state index < -0.39 is 0 Å². The van der Waals surface area contributed by atoms with Crippen molar-refractivity contribution in [1.29, 1.82) is 0 Å². The normalized spacial score (nSPS) is 14.4. The van der Waals surface area contributed by atoms with Crippen molar-refractivity contribution in [3.8, 4) is 0 Å². The number of carbonyl (C=O) groups is 1. The molecule has 7 heteroatoms. The Morgan fingerprint density at radius 1 is 1.22 bits per heavy atom. The molecule has 0 saturated heterocycles. The van der Waals surface area contributed by atoms with Crippen LogP contribution < -0.4 is 10.6 Å². The van der Waals surface area contributed by atoms with Gasteiger partial charge in [-0.15, -0.1) is 10.2 Å². The minimum absolute atomic E-state index is 0.0378. The van der Waals surface area contributed by atoms with E-state index in [1.54, 1.807) is 6.20 Å². The van der Waals surface area contributed by atoms with Crippen LogP contribution in [-0.4, -0.2) is 31.5 Å². The third kappa shape index (κ3) is 3.49. The molecule has 1 aliphatic carbocycles. The van der Waals surface area contributed by atoms with Gasteiger partial charge in [-0.25, -0.2) is 4.98 Å². The van der Waals surface area contributed by atoms with Crippen molar-refractivity contribution in [2.24, 2.45) is 0 Å². The second-order valence-corrected chi connectivity index (χ2v) is 8.15. The lowest BCUT2D eigenvalue weighted by molar-refractivity contribution is 0.0951. The largest absolute Gasteiger partial charge is 0.349 e. The van der Waals surface area contributed by atoms with Gasteiger partial charge in [0.1, 0.15) is 5.82 Å². The topological polar surface area (TPSA) is 84.2 Å². The molecule has 7 nitrogen and oxygen atoms in total. The standard InChI is InChI=1S/C20H24N6O/c1-12-5-6-13(18(27)22-14-7-8-14)11-15(12)23-16-17-24-25-19(20(2,3)4)26(17)10-9-21-16/h5-6,9-11,14H,7-8H2,1-4H3,(H,21,23)(H,22,27). The number of aryl methyl sites for hydroxylation is 1. The van der Waals surface area contributed by atoms with Crippen molar-refractivity contribution in [1.82, 2.24) is 24.9 Å². The molecule has 1 amide bonds. The van der Waals surface area contributed by atoms with Gasteiger partial charge in [0.05, 0.1) is 0 Å². The maximum absolute atomic E-state index is 12.4. The fourth-order valence-corrected chi connectivity index (χ4v) is 2.95. The number of anilines is 2. The first-order valence-corrected chi connectivity index (χ1v) is 9.22. The Kier molecular flexibility index (Phi) is 4.09. The second-order valence-electron chi connectivity index (χ2n) is 8.15. The maximum Gasteiger partial charge on any atom is 0.251 e. The maximum atomic E-state index is 12.4. The molecule has 3 aromatic rings. The lowest BCUT2D eigenvalue weighted by Gasteiger charge is -2.16. The van der Waals surface area contributed by atoms with Gasteiger partial charge in [-0.05, 0) is 37.5 Å². The summed E-state index contributed by atoms with van der Waals surface area (Å²) >= 11 is 0. The van der Waals surface area contributed by atoms with E-state index in [-0.39, 0.29) is 11.3 Å². The summed E-state index contributed by atoms with van der Waals surface area (Å²) in [4.78, 5) is 16.8. The van der Waals surface area contributed by atoms with E-state index >= 15 is 0 Å². The van der Waals surface area contributed by atoms with Crippen molar-refractivity contribution < 1.29 is 4.79 Å². The summed E-state index contributed by atoms with van der Waals surface area (Å²) in [6.07, 6.45) is 5.73. The van der Waals surface area contributed by atoms with Crippen LogP contribution >= 0.6 is 0 Å². The van der Waals surface area contributed by atoms with Crippen molar-refractivity contribution in [2.75, 3.05) is 5.32 Å². The van der Waals surface area contributed by atoms with E-state index in [4.69, 9.17) is 0 Å². The van der Waals surface area contributed by atoms with Crippen molar-refractivity contribution in [3.05, 3.63) is 47.5 Å². The molecule has 0 unspecified atom stereocenters. The third-order valence-electron chi connectivity index (χ3n) is 4.66. The van der Waals surface area contributed by atoms with Gasteiger partial charge < -0.3 is 10.6 Å². The van der Waals surface area contributed by atoms with Gasteiger partial charge in [0, 0.05) is 35.1 Å². The Hall–Kier alpha value is -2.96. The van der Waals surface area contributed by atoms with E-state index in [2.05, 4.69) is 46.6 Å². The fraction of sp³-hybridized carbons (Fsp3) is 0.400. The molecule has 1 aromatic carbocycles. The lowest BCUT2D eigenvalue weighted by atomic mass is 9.96. The average molecular weight is 364 g/mol. The van der Waals surface area contributed by atoms with Crippen LogP contribution in [0.4, 0.5) is 11.5 Å². The number of nitrogens with one attached hydrogen (secondary N) is 2. The molecule has 1 aliphatic rings. The fourth-order valence-electron chi connectivity index (χ4n) is 2.95. The highest BCUT2D eigenvalue weighted by Crippen LogP contribution is 2.27. The predicted molar refractivity (Wildman–Crippen MR) is 104 cm³/mol. The van der Waals surface area contributed by atoms with Crippen molar-refractivity contribution >= 4 is 23.1 Å². The molecule has 0 radical (unpaired) electrons. The number of amides is 1. The zero-order valence-corrected chi connectivity index (χ0v) is 16.1. The number of carbonyl (C=O) groups excluding carboxylic acids is 1.